The van der Waals surface area contributed by atoms with Crippen molar-refractivity contribution in [2.75, 3.05) is 5.32 Å². The van der Waals surface area contributed by atoms with Crippen LogP contribution in [0.15, 0.2) is 94.0 Å². The molecule has 0 atom stereocenters. The summed E-state index contributed by atoms with van der Waals surface area (Å²) < 4.78 is 10.8. The van der Waals surface area contributed by atoms with E-state index in [0.29, 0.717) is 27.8 Å². The third-order valence-electron chi connectivity index (χ3n) is 4.34. The minimum atomic E-state index is -0.355. The Balaban J connectivity index is 1.41. The summed E-state index contributed by atoms with van der Waals surface area (Å²) in [6, 6.07) is 20.8. The highest BCUT2D eigenvalue weighted by Gasteiger charge is 2.10. The fourth-order valence-electron chi connectivity index (χ4n) is 2.82. The third-order valence-corrected chi connectivity index (χ3v) is 4.67. The first-order valence-electron chi connectivity index (χ1n) is 9.12. The van der Waals surface area contributed by atoms with Crippen LogP contribution >= 0.6 is 11.6 Å². The Labute approximate surface area is 177 Å². The van der Waals surface area contributed by atoms with Gasteiger partial charge in [0.1, 0.15) is 11.5 Å². The minimum absolute atomic E-state index is 0.186. The van der Waals surface area contributed by atoms with E-state index in [0.717, 1.165) is 5.56 Å². The van der Waals surface area contributed by atoms with Crippen LogP contribution in [0.25, 0.3) is 17.4 Å². The van der Waals surface area contributed by atoms with E-state index >= 15 is 0 Å². The van der Waals surface area contributed by atoms with Crippen LogP contribution in [-0.2, 0) is 0 Å². The molecule has 0 spiro atoms. The van der Waals surface area contributed by atoms with E-state index in [1.807, 2.05) is 24.3 Å². The number of ketones is 1. The maximum absolute atomic E-state index is 12.4. The molecule has 0 aliphatic carbocycles. The Hall–Kier alpha value is -3.83. The topological polar surface area (TPSA) is 72.5 Å². The molecule has 6 heteroatoms. The third kappa shape index (κ3) is 4.42. The second-order valence-electron chi connectivity index (χ2n) is 6.39. The number of allylic oxidation sites excluding steroid dienone is 1. The number of hydrogen-bond acceptors (Lipinski definition) is 4. The summed E-state index contributed by atoms with van der Waals surface area (Å²) in [4.78, 5) is 24.4. The van der Waals surface area contributed by atoms with Crippen molar-refractivity contribution in [2.45, 2.75) is 0 Å². The van der Waals surface area contributed by atoms with Gasteiger partial charge < -0.3 is 14.2 Å². The van der Waals surface area contributed by atoms with E-state index in [2.05, 4.69) is 5.32 Å². The SMILES string of the molecule is O=C(/C=C/c1ccc(-c2ccccc2Cl)o1)c1ccc(NC(=O)c2ccco2)cc1. The summed E-state index contributed by atoms with van der Waals surface area (Å²) in [5.74, 6) is 0.846. The summed E-state index contributed by atoms with van der Waals surface area (Å²) in [7, 11) is 0. The first kappa shape index (κ1) is 19.5. The van der Waals surface area contributed by atoms with Crippen molar-refractivity contribution in [1.82, 2.24) is 0 Å². The standard InChI is InChI=1S/C24H16ClNO4/c25-20-5-2-1-4-19(20)22-14-12-18(30-22)11-13-21(27)16-7-9-17(10-8-16)26-24(28)23-6-3-15-29-23/h1-15H,(H,26,28)/b13-11+. The molecule has 4 rings (SSSR count). The van der Waals surface area contributed by atoms with E-state index in [9.17, 15) is 9.59 Å². The first-order valence-corrected chi connectivity index (χ1v) is 9.50. The van der Waals surface area contributed by atoms with Crippen molar-refractivity contribution in [3.05, 3.63) is 107 Å². The smallest absolute Gasteiger partial charge is 0.291 e. The Kier molecular flexibility index (Phi) is 5.63. The van der Waals surface area contributed by atoms with E-state index in [1.54, 1.807) is 54.6 Å². The average Bonchev–Trinajstić information content (AvgIpc) is 3.45. The number of carbonyl (C=O) groups is 2. The van der Waals surface area contributed by atoms with Gasteiger partial charge in [-0.3, -0.25) is 9.59 Å². The lowest BCUT2D eigenvalue weighted by Crippen LogP contribution is -2.10. The van der Waals surface area contributed by atoms with Gasteiger partial charge in [-0.25, -0.2) is 0 Å². The van der Waals surface area contributed by atoms with Gasteiger partial charge in [-0.05, 0) is 72.8 Å². The molecular formula is C24H16ClNO4. The summed E-state index contributed by atoms with van der Waals surface area (Å²) in [6.45, 7) is 0. The Bertz CT molecular complexity index is 1200. The van der Waals surface area contributed by atoms with Crippen molar-refractivity contribution >= 4 is 35.1 Å². The van der Waals surface area contributed by atoms with Gasteiger partial charge in [0.15, 0.2) is 11.5 Å². The fourth-order valence-corrected chi connectivity index (χ4v) is 3.05. The molecule has 0 saturated carbocycles. The van der Waals surface area contributed by atoms with Crippen LogP contribution in [0.5, 0.6) is 0 Å². The molecule has 1 amide bonds. The fraction of sp³-hybridized carbons (Fsp3) is 0. The van der Waals surface area contributed by atoms with Gasteiger partial charge >= 0.3 is 0 Å². The maximum atomic E-state index is 12.4. The molecular weight excluding hydrogens is 402 g/mol. The Morgan fingerprint density at radius 3 is 2.43 bits per heavy atom. The zero-order valence-electron chi connectivity index (χ0n) is 15.7. The molecule has 30 heavy (non-hydrogen) atoms. The molecule has 0 aliphatic heterocycles. The number of amides is 1. The monoisotopic (exact) mass is 417 g/mol. The average molecular weight is 418 g/mol. The van der Waals surface area contributed by atoms with E-state index in [1.165, 1.54) is 12.3 Å². The van der Waals surface area contributed by atoms with Crippen LogP contribution in [0.1, 0.15) is 26.7 Å². The van der Waals surface area contributed by atoms with Crippen LogP contribution in [0.2, 0.25) is 5.02 Å². The summed E-state index contributed by atoms with van der Waals surface area (Å²) >= 11 is 6.19. The molecule has 5 nitrogen and oxygen atoms in total. The highest BCUT2D eigenvalue weighted by molar-refractivity contribution is 6.33. The van der Waals surface area contributed by atoms with Gasteiger partial charge in [-0.1, -0.05) is 23.7 Å². The molecule has 1 N–H and O–H groups in total. The van der Waals surface area contributed by atoms with Crippen molar-refractivity contribution < 1.29 is 18.4 Å². The quantitative estimate of drug-likeness (QED) is 0.293. The van der Waals surface area contributed by atoms with Gasteiger partial charge in [-0.2, -0.15) is 0 Å². The van der Waals surface area contributed by atoms with E-state index in [4.69, 9.17) is 20.4 Å². The van der Waals surface area contributed by atoms with E-state index < -0.39 is 0 Å². The lowest BCUT2D eigenvalue weighted by molar-refractivity contribution is 0.0996. The van der Waals surface area contributed by atoms with Crippen LogP contribution in [0.3, 0.4) is 0 Å². The highest BCUT2D eigenvalue weighted by atomic mass is 35.5. The van der Waals surface area contributed by atoms with Gasteiger partial charge in [0.25, 0.3) is 5.91 Å². The Morgan fingerprint density at radius 2 is 1.70 bits per heavy atom. The second kappa shape index (κ2) is 8.68. The van der Waals surface area contributed by atoms with Crippen molar-refractivity contribution in [2.24, 2.45) is 0 Å². The second-order valence-corrected chi connectivity index (χ2v) is 6.80. The molecule has 0 fully saturated rings. The minimum Gasteiger partial charge on any atom is -0.459 e. The number of hydrogen-bond donors (Lipinski definition) is 1. The molecule has 0 unspecified atom stereocenters. The summed E-state index contributed by atoms with van der Waals surface area (Å²) in [6.07, 6.45) is 4.47. The molecule has 2 aromatic carbocycles. The number of carbonyl (C=O) groups excluding carboxylic acids is 2. The number of benzene rings is 2. The van der Waals surface area contributed by atoms with Gasteiger partial charge in [0.2, 0.25) is 0 Å². The van der Waals surface area contributed by atoms with Crippen molar-refractivity contribution in [3.8, 4) is 11.3 Å². The van der Waals surface area contributed by atoms with Gasteiger partial charge in [-0.15, -0.1) is 0 Å². The summed E-state index contributed by atoms with van der Waals surface area (Å²) in [5, 5.41) is 3.30. The number of nitrogens with one attached hydrogen (secondary N) is 1. The number of rotatable bonds is 6. The normalized spacial score (nSPS) is 11.0. The number of anilines is 1. The van der Waals surface area contributed by atoms with Crippen LogP contribution in [0.4, 0.5) is 5.69 Å². The van der Waals surface area contributed by atoms with Gasteiger partial charge in [0, 0.05) is 16.8 Å². The van der Waals surface area contributed by atoms with Gasteiger partial charge in [0.05, 0.1) is 11.3 Å². The number of furan rings is 2. The highest BCUT2D eigenvalue weighted by Crippen LogP contribution is 2.29. The summed E-state index contributed by atoms with van der Waals surface area (Å²) in [5.41, 5.74) is 1.84. The zero-order chi connectivity index (χ0) is 20.9. The van der Waals surface area contributed by atoms with Crippen molar-refractivity contribution in [3.63, 3.8) is 0 Å². The lowest BCUT2D eigenvalue weighted by Gasteiger charge is -2.03. The van der Waals surface area contributed by atoms with Crippen molar-refractivity contribution in [1.29, 1.82) is 0 Å². The molecule has 0 aliphatic rings. The van der Waals surface area contributed by atoms with E-state index in [-0.39, 0.29) is 17.5 Å². The largest absolute Gasteiger partial charge is 0.459 e. The predicted octanol–water partition coefficient (Wildman–Crippen LogP) is 6.34. The van der Waals surface area contributed by atoms with Crippen LogP contribution < -0.4 is 5.32 Å². The van der Waals surface area contributed by atoms with Crippen LogP contribution in [-0.4, -0.2) is 11.7 Å². The van der Waals surface area contributed by atoms with Crippen LogP contribution in [0, 0.1) is 0 Å². The Morgan fingerprint density at radius 1 is 0.900 bits per heavy atom. The zero-order valence-corrected chi connectivity index (χ0v) is 16.4. The number of halogens is 1. The molecule has 0 radical (unpaired) electrons. The first-order chi connectivity index (χ1) is 14.6. The maximum Gasteiger partial charge on any atom is 0.291 e. The molecule has 2 heterocycles. The molecule has 148 valence electrons. The molecule has 4 aromatic rings. The molecule has 0 saturated heterocycles. The molecule has 0 bridgehead atoms. The lowest BCUT2D eigenvalue weighted by atomic mass is 10.1. The predicted molar refractivity (Wildman–Crippen MR) is 116 cm³/mol. The molecule has 2 aromatic heterocycles.